The zero-order chi connectivity index (χ0) is 27.8. The smallest absolute Gasteiger partial charge is 0.318 e. The summed E-state index contributed by atoms with van der Waals surface area (Å²) in [6.45, 7) is 8.38. The molecule has 2 atom stereocenters. The molecule has 210 valence electrons. The van der Waals surface area contributed by atoms with E-state index in [4.69, 9.17) is 26.3 Å². The first-order valence-electron chi connectivity index (χ1n) is 14.2. The molecule has 3 aromatic rings. The standard InChI is InChI=1S/C31H37ClN6O2/c1-4-28(39)36(3)22-13-16-38(18-22)30-24-14-17-37(27-12-6-9-21-8-5-11-25(32)29(21)27)19-26(24)33-31(34-30)40-20-23-10-7-15-35(23)2/h4-6,8-9,11-12,22-23H,1,7,10,13-20H2,2-3H3/t22?,23-/m0/s1. The van der Waals surface area contributed by atoms with Crippen LogP contribution in [0.25, 0.3) is 10.8 Å². The molecule has 1 unspecified atom stereocenters. The molecule has 0 spiro atoms. The first-order chi connectivity index (χ1) is 19.4. The molecule has 2 fully saturated rings. The SMILES string of the molecule is C=CC(=O)N(C)C1CCN(c2nc(OC[C@@H]3CCCN3C)nc3c2CCN(c2cccc4cccc(Cl)c24)C3)C1. The van der Waals surface area contributed by atoms with E-state index in [0.717, 1.165) is 78.4 Å². The number of likely N-dealkylation sites (tertiary alicyclic amines) is 1. The van der Waals surface area contributed by atoms with Gasteiger partial charge in [-0.3, -0.25) is 4.79 Å². The summed E-state index contributed by atoms with van der Waals surface area (Å²) in [6, 6.07) is 13.3. The molecule has 0 saturated carbocycles. The molecule has 2 aromatic carbocycles. The van der Waals surface area contributed by atoms with Gasteiger partial charge in [-0.15, -0.1) is 0 Å². The van der Waals surface area contributed by atoms with Crippen LogP contribution in [0.2, 0.25) is 5.02 Å². The molecule has 1 amide bonds. The maximum Gasteiger partial charge on any atom is 0.318 e. The Labute approximate surface area is 241 Å². The van der Waals surface area contributed by atoms with Crippen molar-refractivity contribution < 1.29 is 9.53 Å². The Kier molecular flexibility index (Phi) is 7.55. The van der Waals surface area contributed by atoms with Gasteiger partial charge in [-0.2, -0.15) is 9.97 Å². The zero-order valence-corrected chi connectivity index (χ0v) is 24.1. The molecular weight excluding hydrogens is 524 g/mol. The number of aromatic nitrogens is 2. The van der Waals surface area contributed by atoms with Gasteiger partial charge in [0.1, 0.15) is 12.4 Å². The number of carbonyl (C=O) groups excluding carboxylic acids is 1. The fraction of sp³-hybridized carbons (Fsp3) is 0.452. The van der Waals surface area contributed by atoms with Crippen molar-refractivity contribution >= 4 is 39.8 Å². The van der Waals surface area contributed by atoms with Gasteiger partial charge in [0.2, 0.25) is 5.91 Å². The van der Waals surface area contributed by atoms with E-state index in [9.17, 15) is 4.79 Å². The van der Waals surface area contributed by atoms with Gasteiger partial charge in [-0.25, -0.2) is 0 Å². The number of rotatable bonds is 7. The molecule has 3 aliphatic heterocycles. The number of fused-ring (bicyclic) bond motifs is 2. The van der Waals surface area contributed by atoms with Crippen LogP contribution in [0.1, 0.15) is 30.5 Å². The fourth-order valence-corrected chi connectivity index (χ4v) is 6.67. The van der Waals surface area contributed by atoms with Gasteiger partial charge in [0.05, 0.1) is 23.3 Å². The molecule has 6 rings (SSSR count). The molecule has 0 bridgehead atoms. The van der Waals surface area contributed by atoms with Gasteiger partial charge in [-0.05, 0) is 62.9 Å². The molecule has 2 saturated heterocycles. The maximum absolute atomic E-state index is 12.3. The Hall–Kier alpha value is -3.36. The summed E-state index contributed by atoms with van der Waals surface area (Å²) >= 11 is 6.69. The number of hydrogen-bond donors (Lipinski definition) is 0. The highest BCUT2D eigenvalue weighted by Crippen LogP contribution is 2.37. The van der Waals surface area contributed by atoms with E-state index in [0.29, 0.717) is 25.2 Å². The largest absolute Gasteiger partial charge is 0.462 e. The normalized spacial score (nSPS) is 21.1. The first-order valence-corrected chi connectivity index (χ1v) is 14.6. The molecule has 40 heavy (non-hydrogen) atoms. The maximum atomic E-state index is 12.3. The van der Waals surface area contributed by atoms with Crippen LogP contribution in [-0.2, 0) is 17.8 Å². The molecule has 0 aliphatic carbocycles. The summed E-state index contributed by atoms with van der Waals surface area (Å²) in [7, 11) is 4.01. The van der Waals surface area contributed by atoms with Crippen molar-refractivity contribution in [2.45, 2.75) is 44.3 Å². The monoisotopic (exact) mass is 560 g/mol. The molecule has 0 N–H and O–H groups in total. The van der Waals surface area contributed by atoms with Gasteiger partial charge >= 0.3 is 6.01 Å². The van der Waals surface area contributed by atoms with E-state index in [1.165, 1.54) is 18.1 Å². The van der Waals surface area contributed by atoms with E-state index >= 15 is 0 Å². The average molecular weight is 561 g/mol. The number of anilines is 2. The molecular formula is C31H37ClN6O2. The minimum absolute atomic E-state index is 0.0503. The Morgan fingerprint density at radius 2 is 1.98 bits per heavy atom. The van der Waals surface area contributed by atoms with Gasteiger partial charge < -0.3 is 24.3 Å². The van der Waals surface area contributed by atoms with Crippen LogP contribution in [0.3, 0.4) is 0 Å². The van der Waals surface area contributed by atoms with Crippen molar-refractivity contribution in [3.8, 4) is 6.01 Å². The van der Waals surface area contributed by atoms with Gasteiger partial charge in [0.25, 0.3) is 0 Å². The third-order valence-corrected chi connectivity index (χ3v) is 9.12. The summed E-state index contributed by atoms with van der Waals surface area (Å²) in [5.74, 6) is 0.892. The van der Waals surface area contributed by atoms with Gasteiger partial charge in [0.15, 0.2) is 0 Å². The predicted molar refractivity (Wildman–Crippen MR) is 160 cm³/mol. The third-order valence-electron chi connectivity index (χ3n) is 8.80. The number of benzene rings is 2. The van der Waals surface area contributed by atoms with E-state index < -0.39 is 0 Å². The van der Waals surface area contributed by atoms with Crippen LogP contribution < -0.4 is 14.5 Å². The van der Waals surface area contributed by atoms with Crippen LogP contribution in [0.4, 0.5) is 11.5 Å². The van der Waals surface area contributed by atoms with Crippen LogP contribution in [0, 0.1) is 0 Å². The number of hydrogen-bond acceptors (Lipinski definition) is 7. The quantitative estimate of drug-likeness (QED) is 0.393. The summed E-state index contributed by atoms with van der Waals surface area (Å²) in [5, 5.41) is 2.96. The van der Waals surface area contributed by atoms with Gasteiger partial charge in [0, 0.05) is 49.4 Å². The molecule has 3 aliphatic rings. The average Bonchev–Trinajstić information content (AvgIpc) is 3.63. The second kappa shape index (κ2) is 11.3. The van der Waals surface area contributed by atoms with Crippen LogP contribution >= 0.6 is 11.6 Å². The number of carbonyl (C=O) groups is 1. The third kappa shape index (κ3) is 5.10. The molecule has 9 heteroatoms. The summed E-state index contributed by atoms with van der Waals surface area (Å²) in [4.78, 5) is 31.0. The van der Waals surface area contributed by atoms with E-state index in [1.807, 2.05) is 19.2 Å². The number of halogens is 1. The summed E-state index contributed by atoms with van der Waals surface area (Å²) in [5.41, 5.74) is 3.29. The zero-order valence-electron chi connectivity index (χ0n) is 23.4. The Morgan fingerprint density at radius 3 is 2.75 bits per heavy atom. The Balaban J connectivity index is 1.32. The van der Waals surface area contributed by atoms with Crippen molar-refractivity contribution in [3.05, 3.63) is 65.3 Å². The Bertz CT molecular complexity index is 1430. The topological polar surface area (TPSA) is 65.0 Å². The minimum Gasteiger partial charge on any atom is -0.462 e. The van der Waals surface area contributed by atoms with Crippen molar-refractivity contribution in [3.63, 3.8) is 0 Å². The number of ether oxygens (including phenoxy) is 1. The molecule has 0 radical (unpaired) electrons. The van der Waals surface area contributed by atoms with Crippen LogP contribution in [0.15, 0.2) is 49.1 Å². The van der Waals surface area contributed by atoms with Crippen molar-refractivity contribution in [1.82, 2.24) is 19.8 Å². The fourth-order valence-electron chi connectivity index (χ4n) is 6.39. The van der Waals surface area contributed by atoms with Crippen molar-refractivity contribution in [2.75, 3.05) is 56.7 Å². The van der Waals surface area contributed by atoms with Crippen LogP contribution in [0.5, 0.6) is 6.01 Å². The highest BCUT2D eigenvalue weighted by Gasteiger charge is 2.33. The second-order valence-electron chi connectivity index (χ2n) is 11.2. The highest BCUT2D eigenvalue weighted by atomic mass is 35.5. The highest BCUT2D eigenvalue weighted by molar-refractivity contribution is 6.36. The van der Waals surface area contributed by atoms with E-state index in [-0.39, 0.29) is 11.9 Å². The summed E-state index contributed by atoms with van der Waals surface area (Å²) < 4.78 is 6.28. The lowest BCUT2D eigenvalue weighted by Crippen LogP contribution is -2.39. The molecule has 8 nitrogen and oxygen atoms in total. The van der Waals surface area contributed by atoms with E-state index in [2.05, 4.69) is 52.6 Å². The number of likely N-dealkylation sites (N-methyl/N-ethyl adjacent to an activating group) is 2. The minimum atomic E-state index is -0.0503. The van der Waals surface area contributed by atoms with Crippen molar-refractivity contribution in [2.24, 2.45) is 0 Å². The summed E-state index contributed by atoms with van der Waals surface area (Å²) in [6.07, 6.45) is 5.41. The predicted octanol–water partition coefficient (Wildman–Crippen LogP) is 4.54. The lowest BCUT2D eigenvalue weighted by Gasteiger charge is -2.33. The number of amides is 1. The van der Waals surface area contributed by atoms with E-state index in [1.54, 1.807) is 4.90 Å². The number of nitrogens with zero attached hydrogens (tertiary/aromatic N) is 6. The first kappa shape index (κ1) is 26.8. The Morgan fingerprint density at radius 1 is 1.15 bits per heavy atom. The van der Waals surface area contributed by atoms with Crippen LogP contribution in [-0.4, -0.2) is 84.6 Å². The lowest BCUT2D eigenvalue weighted by molar-refractivity contribution is -0.126. The second-order valence-corrected chi connectivity index (χ2v) is 11.6. The van der Waals surface area contributed by atoms with Crippen molar-refractivity contribution in [1.29, 1.82) is 0 Å². The van der Waals surface area contributed by atoms with Gasteiger partial charge in [-0.1, -0.05) is 42.4 Å². The molecule has 4 heterocycles. The lowest BCUT2D eigenvalue weighted by atomic mass is 10.0. The molecule has 1 aromatic heterocycles.